The minimum atomic E-state index is -2.42. The summed E-state index contributed by atoms with van der Waals surface area (Å²) in [6.45, 7) is 19.7. The summed E-state index contributed by atoms with van der Waals surface area (Å²) in [4.78, 5) is 28.9. The third kappa shape index (κ3) is 9.66. The molecular formula is C34H53BrN4O7Si. The Morgan fingerprint density at radius 1 is 1.11 bits per heavy atom. The summed E-state index contributed by atoms with van der Waals surface area (Å²) in [6.07, 6.45) is 0.224. The summed E-state index contributed by atoms with van der Waals surface area (Å²) < 4.78 is 31.1. The maximum absolute atomic E-state index is 13.4. The first-order chi connectivity index (χ1) is 21.9. The summed E-state index contributed by atoms with van der Waals surface area (Å²) in [5.41, 5.74) is 0.984. The van der Waals surface area contributed by atoms with Crippen LogP contribution in [0.1, 0.15) is 78.7 Å². The first kappa shape index (κ1) is 37.5. The normalized spacial score (nSPS) is 24.1. The second-order valence-corrected chi connectivity index (χ2v) is 20.7. The van der Waals surface area contributed by atoms with Crippen molar-refractivity contribution in [3.05, 3.63) is 46.1 Å². The van der Waals surface area contributed by atoms with Crippen molar-refractivity contribution < 1.29 is 33.0 Å². The number of carbonyl (C=O) groups excluding carboxylic acids is 1. The number of carbonyl (C=O) groups is 1. The number of nitrogens with zero attached hydrogens (tertiary/aromatic N) is 3. The van der Waals surface area contributed by atoms with Gasteiger partial charge in [-0.05, 0) is 69.4 Å². The van der Waals surface area contributed by atoms with Gasteiger partial charge in [-0.15, -0.1) is 0 Å². The lowest BCUT2D eigenvalue weighted by atomic mass is 9.85. The second kappa shape index (κ2) is 15.1. The number of halogens is 1. The number of nitrogens with one attached hydrogen (secondary N) is 1. The van der Waals surface area contributed by atoms with E-state index in [0.717, 1.165) is 16.5 Å². The van der Waals surface area contributed by atoms with Gasteiger partial charge in [0.1, 0.15) is 11.7 Å². The number of hydrogen-bond donors (Lipinski definition) is 1. The molecule has 11 nitrogen and oxygen atoms in total. The number of aromatic nitrogens is 2. The van der Waals surface area contributed by atoms with E-state index in [-0.39, 0.29) is 29.2 Å². The van der Waals surface area contributed by atoms with Crippen LogP contribution in [0.5, 0.6) is 11.9 Å². The number of alkyl carbamates (subject to hydrolysis) is 1. The molecule has 0 radical (unpaired) electrons. The van der Waals surface area contributed by atoms with E-state index in [2.05, 4.69) is 84.2 Å². The van der Waals surface area contributed by atoms with E-state index in [9.17, 15) is 4.79 Å². The van der Waals surface area contributed by atoms with Gasteiger partial charge in [0, 0.05) is 22.5 Å². The van der Waals surface area contributed by atoms with E-state index in [1.165, 1.54) is 7.11 Å². The Morgan fingerprint density at radius 2 is 1.79 bits per heavy atom. The van der Waals surface area contributed by atoms with Crippen molar-refractivity contribution in [1.82, 2.24) is 20.3 Å². The number of rotatable bonds is 13. The van der Waals surface area contributed by atoms with Gasteiger partial charge in [0.15, 0.2) is 8.32 Å². The molecule has 1 aromatic carbocycles. The van der Waals surface area contributed by atoms with Crippen LogP contribution in [0.4, 0.5) is 4.79 Å². The molecule has 1 N–H and O–H groups in total. The van der Waals surface area contributed by atoms with Crippen molar-refractivity contribution in [1.29, 1.82) is 0 Å². The summed E-state index contributed by atoms with van der Waals surface area (Å²) >= 11 is 3.49. The van der Waals surface area contributed by atoms with E-state index in [1.807, 2.05) is 32.9 Å². The van der Waals surface area contributed by atoms with Crippen molar-refractivity contribution in [3.8, 4) is 11.9 Å². The largest absolute Gasteiger partial charge is 0.481 e. The molecule has 4 rings (SSSR count). The topological polar surface area (TPSA) is 114 Å². The fourth-order valence-corrected chi connectivity index (χ4v) is 7.25. The van der Waals surface area contributed by atoms with E-state index in [1.54, 1.807) is 13.2 Å². The second-order valence-electron chi connectivity index (χ2n) is 15.1. The van der Waals surface area contributed by atoms with Gasteiger partial charge in [-0.3, -0.25) is 4.84 Å². The van der Waals surface area contributed by atoms with Crippen LogP contribution in [0.3, 0.4) is 0 Å². The Bertz CT molecular complexity index is 1330. The highest BCUT2D eigenvalue weighted by Gasteiger charge is 2.52. The lowest BCUT2D eigenvalue weighted by Crippen LogP contribution is -2.52. The summed E-state index contributed by atoms with van der Waals surface area (Å²) in [7, 11) is 0.641. The number of methoxy groups -OCH3 is 2. The van der Waals surface area contributed by atoms with Crippen LogP contribution in [-0.4, -0.2) is 80.1 Å². The highest BCUT2D eigenvalue weighted by atomic mass is 79.9. The van der Waals surface area contributed by atoms with Gasteiger partial charge in [0.05, 0.1) is 51.3 Å². The molecule has 2 fully saturated rings. The quantitative estimate of drug-likeness (QED) is 0.212. The summed E-state index contributed by atoms with van der Waals surface area (Å²) in [5.74, 6) is 0.638. The first-order valence-corrected chi connectivity index (χ1v) is 20.0. The number of hydroxylamine groups is 2. The fraction of sp³-hybridized carbons (Fsp3) is 0.676. The monoisotopic (exact) mass is 736 g/mol. The molecule has 1 amide bonds. The predicted molar refractivity (Wildman–Crippen MR) is 186 cm³/mol. The molecule has 2 aliphatic heterocycles. The Kier molecular flexibility index (Phi) is 12.0. The molecule has 0 saturated carbocycles. The molecule has 1 unspecified atom stereocenters. The van der Waals surface area contributed by atoms with Crippen LogP contribution >= 0.6 is 15.9 Å². The van der Waals surface area contributed by atoms with E-state index in [4.69, 9.17) is 33.2 Å². The SMILES string of the molecule is COc1cc([C@H](O[Si](C)(C)C(C)(C)C)[C@@H](C[C@H]2C[C@H]3ON2[C@H](COCc2ccc(Br)cc2)[C@H]3C)NC(=O)OC(C)(C)C)nc(OC)n1. The third-order valence-corrected chi connectivity index (χ3v) is 14.3. The first-order valence-electron chi connectivity index (χ1n) is 16.3. The molecule has 262 valence electrons. The number of fused-ring (bicyclic) bond motifs is 2. The van der Waals surface area contributed by atoms with E-state index >= 15 is 0 Å². The van der Waals surface area contributed by atoms with Crippen LogP contribution < -0.4 is 14.8 Å². The van der Waals surface area contributed by atoms with Gasteiger partial charge < -0.3 is 28.7 Å². The number of piperidine rings is 1. The van der Waals surface area contributed by atoms with Crippen molar-refractivity contribution >= 4 is 30.3 Å². The molecule has 0 spiro atoms. The van der Waals surface area contributed by atoms with E-state index < -0.39 is 32.2 Å². The highest BCUT2D eigenvalue weighted by Crippen LogP contribution is 2.45. The van der Waals surface area contributed by atoms with Crippen LogP contribution in [0.2, 0.25) is 18.1 Å². The van der Waals surface area contributed by atoms with Crippen molar-refractivity contribution in [3.63, 3.8) is 0 Å². The maximum Gasteiger partial charge on any atom is 0.407 e. The summed E-state index contributed by atoms with van der Waals surface area (Å²) in [6, 6.07) is 9.58. The van der Waals surface area contributed by atoms with Crippen LogP contribution in [0, 0.1) is 5.92 Å². The van der Waals surface area contributed by atoms with E-state index in [0.29, 0.717) is 37.1 Å². The molecule has 2 bridgehead atoms. The number of amides is 1. The lowest BCUT2D eigenvalue weighted by Gasteiger charge is -2.42. The minimum absolute atomic E-state index is 0.00596. The van der Waals surface area contributed by atoms with Gasteiger partial charge in [-0.2, -0.15) is 15.0 Å². The molecule has 47 heavy (non-hydrogen) atoms. The highest BCUT2D eigenvalue weighted by molar-refractivity contribution is 9.10. The molecule has 0 aliphatic carbocycles. The molecular weight excluding hydrogens is 684 g/mol. The molecule has 7 atom stereocenters. The van der Waals surface area contributed by atoms with Crippen LogP contribution in [0.25, 0.3) is 0 Å². The summed E-state index contributed by atoms with van der Waals surface area (Å²) in [5, 5.41) is 5.15. The third-order valence-electron chi connectivity index (χ3n) is 9.32. The standard InChI is InChI=1S/C34H53BrN4O7Si/c1-21-27(20-43-19-22-12-14-23(35)15-13-22)39-24(17-28(21)45-39)16-25(37-32(40)44-33(2,3)4)30(46-47(10,11)34(5,6)7)26-18-29(41-8)38-31(36-26)42-9/h12-15,18,21,24-25,27-28,30H,16-17,19-20H2,1-11H3,(H,37,40)/t21-,24+,25-,27-,28-,30-/m1/s1. The molecule has 3 heterocycles. The maximum atomic E-state index is 13.4. The van der Waals surface area contributed by atoms with Gasteiger partial charge >= 0.3 is 12.1 Å². The molecule has 2 saturated heterocycles. The van der Waals surface area contributed by atoms with Gasteiger partial charge in [-0.25, -0.2) is 4.79 Å². The van der Waals surface area contributed by atoms with Gasteiger partial charge in [-0.1, -0.05) is 55.8 Å². The average Bonchev–Trinajstić information content (AvgIpc) is 3.52. The molecule has 2 aromatic rings. The molecule has 13 heteroatoms. The lowest BCUT2D eigenvalue weighted by molar-refractivity contribution is -0.148. The zero-order chi connectivity index (χ0) is 34.7. The number of ether oxygens (including phenoxy) is 4. The number of hydrogen-bond acceptors (Lipinski definition) is 10. The Balaban J connectivity index is 1.65. The average molecular weight is 738 g/mol. The zero-order valence-corrected chi connectivity index (χ0v) is 32.3. The predicted octanol–water partition coefficient (Wildman–Crippen LogP) is 7.21. The number of benzene rings is 1. The van der Waals surface area contributed by atoms with Gasteiger partial charge in [0.2, 0.25) is 5.88 Å². The Morgan fingerprint density at radius 3 is 2.36 bits per heavy atom. The van der Waals surface area contributed by atoms with Crippen molar-refractivity contribution in [2.75, 3.05) is 20.8 Å². The smallest absolute Gasteiger partial charge is 0.407 e. The van der Waals surface area contributed by atoms with Crippen molar-refractivity contribution in [2.45, 2.75) is 122 Å². The van der Waals surface area contributed by atoms with Crippen LogP contribution in [0.15, 0.2) is 34.8 Å². The van der Waals surface area contributed by atoms with Gasteiger partial charge in [0.25, 0.3) is 0 Å². The van der Waals surface area contributed by atoms with Crippen molar-refractivity contribution in [2.24, 2.45) is 5.92 Å². The van der Waals surface area contributed by atoms with Crippen LogP contribution in [-0.2, 0) is 25.3 Å². The minimum Gasteiger partial charge on any atom is -0.481 e. The molecule has 1 aromatic heterocycles. The zero-order valence-electron chi connectivity index (χ0n) is 29.8. The Hall–Kier alpha value is -2.29. The Labute approximate surface area is 289 Å². The fourth-order valence-electron chi connectivity index (χ4n) is 5.72. The molecule has 2 aliphatic rings.